The van der Waals surface area contributed by atoms with Gasteiger partial charge in [-0.3, -0.25) is 9.69 Å². The summed E-state index contributed by atoms with van der Waals surface area (Å²) in [6.07, 6.45) is 0. The molecule has 5 heteroatoms. The maximum Gasteiger partial charge on any atom is 0.236 e. The average molecular weight is 268 g/mol. The third kappa shape index (κ3) is 2.83. The Balaban J connectivity index is 2.20. The lowest BCUT2D eigenvalue weighted by Crippen LogP contribution is -2.57. The first kappa shape index (κ1) is 13.3. The zero-order chi connectivity index (χ0) is 13.1. The molecule has 2 unspecified atom stereocenters. The van der Waals surface area contributed by atoms with Gasteiger partial charge in [0.05, 0.1) is 0 Å². The highest BCUT2D eigenvalue weighted by molar-refractivity contribution is 6.30. The van der Waals surface area contributed by atoms with Gasteiger partial charge in [0, 0.05) is 30.7 Å². The number of nitrogens with zero attached hydrogens (tertiary/aromatic N) is 1. The number of nitrogens with one attached hydrogen (secondary N) is 1. The molecule has 1 aliphatic rings. The van der Waals surface area contributed by atoms with Crippen molar-refractivity contribution in [3.8, 4) is 0 Å². The molecule has 2 rings (SSSR count). The van der Waals surface area contributed by atoms with E-state index in [0.717, 1.165) is 18.7 Å². The van der Waals surface area contributed by atoms with E-state index in [9.17, 15) is 4.79 Å². The molecule has 0 spiro atoms. The van der Waals surface area contributed by atoms with Crippen molar-refractivity contribution in [1.82, 2.24) is 10.2 Å². The first-order valence-corrected chi connectivity index (χ1v) is 6.48. The van der Waals surface area contributed by atoms with Gasteiger partial charge in [-0.15, -0.1) is 0 Å². The summed E-state index contributed by atoms with van der Waals surface area (Å²) in [6, 6.07) is 7.61. The van der Waals surface area contributed by atoms with Gasteiger partial charge in [-0.1, -0.05) is 23.7 Å². The van der Waals surface area contributed by atoms with Gasteiger partial charge in [0.2, 0.25) is 5.91 Å². The van der Waals surface area contributed by atoms with Crippen molar-refractivity contribution in [1.29, 1.82) is 0 Å². The highest BCUT2D eigenvalue weighted by atomic mass is 35.5. The molecule has 0 radical (unpaired) electrons. The predicted octanol–water partition coefficient (Wildman–Crippen LogP) is 1.16. The third-order valence-electron chi connectivity index (χ3n) is 3.44. The van der Waals surface area contributed by atoms with E-state index >= 15 is 0 Å². The number of amides is 1. The fourth-order valence-corrected chi connectivity index (χ4v) is 2.60. The molecule has 1 fully saturated rings. The number of piperazine rings is 1. The molecular formula is C13H18ClN3O. The molecule has 1 aromatic carbocycles. The maximum absolute atomic E-state index is 11.5. The van der Waals surface area contributed by atoms with Crippen LogP contribution in [0.15, 0.2) is 24.3 Å². The van der Waals surface area contributed by atoms with Crippen LogP contribution in [0.2, 0.25) is 5.02 Å². The Morgan fingerprint density at radius 3 is 3.06 bits per heavy atom. The zero-order valence-electron chi connectivity index (χ0n) is 10.4. The number of rotatable bonds is 3. The molecule has 0 saturated carbocycles. The molecule has 1 amide bonds. The Labute approximate surface area is 112 Å². The van der Waals surface area contributed by atoms with Crippen molar-refractivity contribution in [2.45, 2.75) is 19.0 Å². The molecule has 3 N–H and O–H groups in total. The van der Waals surface area contributed by atoms with Crippen molar-refractivity contribution in [3.63, 3.8) is 0 Å². The van der Waals surface area contributed by atoms with E-state index in [0.29, 0.717) is 11.6 Å². The monoisotopic (exact) mass is 267 g/mol. The van der Waals surface area contributed by atoms with Gasteiger partial charge >= 0.3 is 0 Å². The Hall–Kier alpha value is -1.10. The highest BCUT2D eigenvalue weighted by Gasteiger charge is 2.30. The molecule has 1 saturated heterocycles. The first-order valence-electron chi connectivity index (χ1n) is 6.11. The lowest BCUT2D eigenvalue weighted by molar-refractivity contribution is -0.124. The number of carbonyl (C=O) groups excluding carboxylic acids is 1. The number of benzene rings is 1. The highest BCUT2D eigenvalue weighted by Crippen LogP contribution is 2.25. The zero-order valence-corrected chi connectivity index (χ0v) is 11.2. The number of hydrogen-bond donors (Lipinski definition) is 2. The largest absolute Gasteiger partial charge is 0.368 e. The van der Waals surface area contributed by atoms with Crippen molar-refractivity contribution < 1.29 is 4.79 Å². The first-order chi connectivity index (χ1) is 8.59. The normalized spacial score (nSPS) is 22.7. The van der Waals surface area contributed by atoms with E-state index in [2.05, 4.69) is 17.1 Å². The maximum atomic E-state index is 11.5. The number of carbonyl (C=O) groups is 1. The van der Waals surface area contributed by atoms with Gasteiger partial charge in [0.1, 0.15) is 6.04 Å². The van der Waals surface area contributed by atoms with Crippen LogP contribution in [0, 0.1) is 0 Å². The van der Waals surface area contributed by atoms with Crippen molar-refractivity contribution in [2.75, 3.05) is 19.6 Å². The number of halogens is 1. The number of primary amides is 1. The van der Waals surface area contributed by atoms with Crippen LogP contribution in [0.4, 0.5) is 0 Å². The molecule has 0 aliphatic carbocycles. The molecule has 1 aromatic rings. The van der Waals surface area contributed by atoms with Gasteiger partial charge in [-0.05, 0) is 24.6 Å². The second-order valence-corrected chi connectivity index (χ2v) is 5.03. The van der Waals surface area contributed by atoms with Gasteiger partial charge in [-0.25, -0.2) is 0 Å². The summed E-state index contributed by atoms with van der Waals surface area (Å²) in [5.41, 5.74) is 6.56. The number of hydrogen-bond acceptors (Lipinski definition) is 3. The van der Waals surface area contributed by atoms with Crippen LogP contribution in [-0.4, -0.2) is 36.5 Å². The van der Waals surface area contributed by atoms with E-state index < -0.39 is 0 Å². The number of nitrogens with two attached hydrogens (primary N) is 1. The third-order valence-corrected chi connectivity index (χ3v) is 3.68. The minimum Gasteiger partial charge on any atom is -0.368 e. The quantitative estimate of drug-likeness (QED) is 0.864. The topological polar surface area (TPSA) is 58.4 Å². The molecule has 98 valence electrons. The molecule has 2 atom stereocenters. The van der Waals surface area contributed by atoms with Crippen LogP contribution < -0.4 is 11.1 Å². The summed E-state index contributed by atoms with van der Waals surface area (Å²) in [5.74, 6) is -0.281. The summed E-state index contributed by atoms with van der Waals surface area (Å²) in [5, 5.41) is 3.91. The van der Waals surface area contributed by atoms with Crippen LogP contribution in [-0.2, 0) is 4.79 Å². The van der Waals surface area contributed by atoms with E-state index in [1.165, 1.54) is 0 Å². The lowest BCUT2D eigenvalue weighted by Gasteiger charge is -2.38. The Bertz CT molecular complexity index is 438. The SMILES string of the molecule is CC(c1cccc(Cl)c1)N1CCNCC1C(N)=O. The smallest absolute Gasteiger partial charge is 0.236 e. The second kappa shape index (κ2) is 5.69. The van der Waals surface area contributed by atoms with E-state index in [1.807, 2.05) is 24.3 Å². The van der Waals surface area contributed by atoms with Gasteiger partial charge in [0.15, 0.2) is 0 Å². The summed E-state index contributed by atoms with van der Waals surface area (Å²) < 4.78 is 0. The average Bonchev–Trinajstić information content (AvgIpc) is 2.38. The van der Waals surface area contributed by atoms with Crippen LogP contribution in [0.1, 0.15) is 18.5 Å². The molecule has 4 nitrogen and oxygen atoms in total. The second-order valence-electron chi connectivity index (χ2n) is 4.59. The van der Waals surface area contributed by atoms with E-state index in [-0.39, 0.29) is 18.0 Å². The Morgan fingerprint density at radius 1 is 1.61 bits per heavy atom. The van der Waals surface area contributed by atoms with Crippen molar-refractivity contribution in [3.05, 3.63) is 34.9 Å². The van der Waals surface area contributed by atoms with E-state index in [1.54, 1.807) is 0 Å². The van der Waals surface area contributed by atoms with Gasteiger partial charge in [0.25, 0.3) is 0 Å². The molecule has 1 aliphatic heterocycles. The molecule has 0 aromatic heterocycles. The fourth-order valence-electron chi connectivity index (χ4n) is 2.41. The lowest BCUT2D eigenvalue weighted by atomic mass is 10.0. The van der Waals surface area contributed by atoms with Crippen molar-refractivity contribution >= 4 is 17.5 Å². The summed E-state index contributed by atoms with van der Waals surface area (Å²) >= 11 is 6.00. The van der Waals surface area contributed by atoms with Crippen molar-refractivity contribution in [2.24, 2.45) is 5.73 Å². The molecule has 0 bridgehead atoms. The van der Waals surface area contributed by atoms with Crippen LogP contribution in [0.3, 0.4) is 0 Å². The fraction of sp³-hybridized carbons (Fsp3) is 0.462. The summed E-state index contributed by atoms with van der Waals surface area (Å²) in [4.78, 5) is 13.6. The van der Waals surface area contributed by atoms with Crippen LogP contribution in [0.5, 0.6) is 0 Å². The standard InChI is InChI=1S/C13H18ClN3O/c1-9(10-3-2-4-11(14)7-10)17-6-5-16-8-12(17)13(15)18/h2-4,7,9,12,16H,5-6,8H2,1H3,(H2,15,18). The molecule has 1 heterocycles. The van der Waals surface area contributed by atoms with Gasteiger partial charge < -0.3 is 11.1 Å². The van der Waals surface area contributed by atoms with E-state index in [4.69, 9.17) is 17.3 Å². The van der Waals surface area contributed by atoms with Crippen LogP contribution >= 0.6 is 11.6 Å². The summed E-state index contributed by atoms with van der Waals surface area (Å²) in [6.45, 7) is 4.36. The minimum absolute atomic E-state index is 0.128. The Kier molecular flexibility index (Phi) is 4.22. The van der Waals surface area contributed by atoms with Crippen LogP contribution in [0.25, 0.3) is 0 Å². The summed E-state index contributed by atoms with van der Waals surface area (Å²) in [7, 11) is 0. The molecular weight excluding hydrogens is 250 g/mol. The molecule has 18 heavy (non-hydrogen) atoms. The predicted molar refractivity (Wildman–Crippen MR) is 72.4 cm³/mol. The Morgan fingerprint density at radius 2 is 2.39 bits per heavy atom. The van der Waals surface area contributed by atoms with Gasteiger partial charge in [-0.2, -0.15) is 0 Å². The minimum atomic E-state index is -0.281.